The molecule has 3 amide bonds. The number of benzene rings is 2. The van der Waals surface area contributed by atoms with E-state index in [2.05, 4.69) is 10.6 Å². The molecule has 3 rings (SSSR count). The Hall–Kier alpha value is -2.57. The van der Waals surface area contributed by atoms with Gasteiger partial charge in [0.1, 0.15) is 0 Å². The number of rotatable bonds is 6. The highest BCUT2D eigenvalue weighted by Crippen LogP contribution is 2.31. The van der Waals surface area contributed by atoms with Crippen LogP contribution in [0.15, 0.2) is 42.5 Å². The van der Waals surface area contributed by atoms with Gasteiger partial charge < -0.3 is 15.5 Å². The fourth-order valence-electron chi connectivity index (χ4n) is 3.47. The largest absolute Gasteiger partial charge is 0.345 e. The quantitative estimate of drug-likeness (QED) is 0.710. The van der Waals surface area contributed by atoms with Crippen molar-refractivity contribution in [3.05, 3.63) is 69.2 Å². The van der Waals surface area contributed by atoms with Gasteiger partial charge in [0.05, 0.1) is 29.7 Å². The minimum atomic E-state index is -0.489. The van der Waals surface area contributed by atoms with Gasteiger partial charge in [0.2, 0.25) is 11.8 Å². The Balaban J connectivity index is 1.48. The van der Waals surface area contributed by atoms with Crippen molar-refractivity contribution in [1.82, 2.24) is 15.5 Å². The van der Waals surface area contributed by atoms with Gasteiger partial charge in [0, 0.05) is 11.6 Å². The van der Waals surface area contributed by atoms with Crippen molar-refractivity contribution in [3.63, 3.8) is 0 Å². The predicted molar refractivity (Wildman–Crippen MR) is 117 cm³/mol. The molecule has 1 unspecified atom stereocenters. The van der Waals surface area contributed by atoms with Crippen LogP contribution in [0.3, 0.4) is 0 Å². The molecule has 0 spiro atoms. The van der Waals surface area contributed by atoms with Crippen molar-refractivity contribution in [2.24, 2.45) is 0 Å². The van der Waals surface area contributed by atoms with Crippen LogP contribution in [0.2, 0.25) is 10.0 Å². The zero-order valence-electron chi connectivity index (χ0n) is 16.6. The smallest absolute Gasteiger partial charge is 0.253 e. The zero-order chi connectivity index (χ0) is 21.7. The van der Waals surface area contributed by atoms with Gasteiger partial charge in [-0.1, -0.05) is 53.0 Å². The summed E-state index contributed by atoms with van der Waals surface area (Å²) in [6, 6.07) is 12.7. The molecule has 2 aromatic carbocycles. The van der Waals surface area contributed by atoms with Crippen molar-refractivity contribution in [2.45, 2.75) is 25.8 Å². The maximum absolute atomic E-state index is 12.6. The van der Waals surface area contributed by atoms with Gasteiger partial charge in [-0.2, -0.15) is 0 Å². The van der Waals surface area contributed by atoms with E-state index in [1.54, 1.807) is 11.0 Å². The lowest BCUT2D eigenvalue weighted by atomic mass is 10.0. The molecule has 1 heterocycles. The van der Waals surface area contributed by atoms with Crippen molar-refractivity contribution in [2.75, 3.05) is 19.6 Å². The van der Waals surface area contributed by atoms with E-state index in [0.717, 1.165) is 18.4 Å². The summed E-state index contributed by atoms with van der Waals surface area (Å²) in [6.07, 6.45) is 1.83. The number of likely N-dealkylation sites (tertiary alicyclic amines) is 1. The van der Waals surface area contributed by atoms with E-state index in [4.69, 9.17) is 23.2 Å². The maximum Gasteiger partial charge on any atom is 0.253 e. The third kappa shape index (κ3) is 5.52. The summed E-state index contributed by atoms with van der Waals surface area (Å²) in [5.74, 6) is -1.08. The second-order valence-corrected chi connectivity index (χ2v) is 8.08. The normalized spacial score (nSPS) is 15.7. The van der Waals surface area contributed by atoms with Crippen molar-refractivity contribution < 1.29 is 14.4 Å². The Morgan fingerprint density at radius 1 is 1.03 bits per heavy atom. The summed E-state index contributed by atoms with van der Waals surface area (Å²) in [5, 5.41) is 5.68. The maximum atomic E-state index is 12.6. The minimum Gasteiger partial charge on any atom is -0.345 e. The Morgan fingerprint density at radius 3 is 2.47 bits per heavy atom. The number of hydrogen-bond donors (Lipinski definition) is 2. The second kappa shape index (κ2) is 9.96. The number of carbonyl (C=O) groups is 3. The molecule has 0 saturated carbocycles. The molecule has 1 atom stereocenters. The number of amides is 3. The number of hydrogen-bond acceptors (Lipinski definition) is 3. The van der Waals surface area contributed by atoms with Gasteiger partial charge in [0.15, 0.2) is 0 Å². The predicted octanol–water partition coefficient (Wildman–Crippen LogP) is 3.51. The minimum absolute atomic E-state index is 0.0294. The molecule has 0 aromatic heterocycles. The summed E-state index contributed by atoms with van der Waals surface area (Å²) in [7, 11) is 0. The average molecular weight is 448 g/mol. The second-order valence-electron chi connectivity index (χ2n) is 7.24. The number of halogens is 2. The van der Waals surface area contributed by atoms with Gasteiger partial charge >= 0.3 is 0 Å². The molecule has 0 bridgehead atoms. The molecule has 1 saturated heterocycles. The highest BCUT2D eigenvalue weighted by atomic mass is 35.5. The van der Waals surface area contributed by atoms with Gasteiger partial charge in [-0.25, -0.2) is 0 Å². The zero-order valence-corrected chi connectivity index (χ0v) is 18.1. The lowest BCUT2D eigenvalue weighted by Gasteiger charge is -2.25. The van der Waals surface area contributed by atoms with E-state index in [1.165, 1.54) is 17.7 Å². The summed E-state index contributed by atoms with van der Waals surface area (Å²) in [6.45, 7) is 2.32. The van der Waals surface area contributed by atoms with E-state index in [0.29, 0.717) is 11.6 Å². The third-order valence-electron chi connectivity index (χ3n) is 5.06. The Bertz CT molecular complexity index is 947. The molecule has 0 aliphatic carbocycles. The summed E-state index contributed by atoms with van der Waals surface area (Å²) >= 11 is 11.8. The first-order chi connectivity index (χ1) is 14.3. The first-order valence-electron chi connectivity index (χ1n) is 9.71. The lowest BCUT2D eigenvalue weighted by molar-refractivity contribution is -0.133. The Morgan fingerprint density at radius 2 is 1.77 bits per heavy atom. The molecular formula is C22H23Cl2N3O3. The van der Waals surface area contributed by atoms with Crippen LogP contribution >= 0.6 is 23.2 Å². The molecule has 1 aliphatic rings. The fraction of sp³-hybridized carbons (Fsp3) is 0.318. The van der Waals surface area contributed by atoms with E-state index in [1.807, 2.05) is 31.2 Å². The van der Waals surface area contributed by atoms with E-state index >= 15 is 0 Å². The lowest BCUT2D eigenvalue weighted by Crippen LogP contribution is -2.43. The van der Waals surface area contributed by atoms with Crippen LogP contribution in [-0.4, -0.2) is 42.3 Å². The van der Waals surface area contributed by atoms with Gasteiger partial charge in [0.25, 0.3) is 5.91 Å². The van der Waals surface area contributed by atoms with Crippen molar-refractivity contribution in [3.8, 4) is 0 Å². The number of carbonyl (C=O) groups excluding carboxylic acids is 3. The van der Waals surface area contributed by atoms with Crippen molar-refractivity contribution in [1.29, 1.82) is 0 Å². The van der Waals surface area contributed by atoms with Crippen LogP contribution in [0.1, 0.15) is 40.4 Å². The van der Waals surface area contributed by atoms with Crippen molar-refractivity contribution >= 4 is 40.9 Å². The van der Waals surface area contributed by atoms with E-state index < -0.39 is 11.8 Å². The molecule has 6 nitrogen and oxygen atoms in total. The Labute approximate surface area is 185 Å². The van der Waals surface area contributed by atoms with Crippen LogP contribution in [-0.2, 0) is 9.59 Å². The Kier molecular flexibility index (Phi) is 7.34. The topological polar surface area (TPSA) is 78.5 Å². The molecule has 8 heteroatoms. The molecule has 0 radical (unpaired) electrons. The third-order valence-corrected chi connectivity index (χ3v) is 5.61. The average Bonchev–Trinajstić information content (AvgIpc) is 3.20. The number of nitrogens with one attached hydrogen (secondary N) is 2. The van der Waals surface area contributed by atoms with Gasteiger partial charge in [-0.3, -0.25) is 14.4 Å². The van der Waals surface area contributed by atoms with E-state index in [9.17, 15) is 14.4 Å². The fourth-order valence-corrected chi connectivity index (χ4v) is 3.96. The summed E-state index contributed by atoms with van der Waals surface area (Å²) in [5.41, 5.74) is 2.50. The highest BCUT2D eigenvalue weighted by molar-refractivity contribution is 6.36. The first-order valence-corrected chi connectivity index (χ1v) is 10.5. The summed E-state index contributed by atoms with van der Waals surface area (Å²) < 4.78 is 0. The molecule has 1 fully saturated rings. The van der Waals surface area contributed by atoms with Gasteiger partial charge in [-0.15, -0.1) is 0 Å². The molecule has 30 heavy (non-hydrogen) atoms. The number of aryl methyl sites for hydroxylation is 1. The molecular weight excluding hydrogens is 425 g/mol. The summed E-state index contributed by atoms with van der Waals surface area (Å²) in [4.78, 5) is 38.7. The van der Waals surface area contributed by atoms with Crippen LogP contribution in [0, 0.1) is 6.92 Å². The monoisotopic (exact) mass is 447 g/mol. The standard InChI is InChI=1S/C22H23Cl2N3O3/c1-14-4-6-15(7-5-14)19-3-2-10-27(19)21(29)13-25-20(28)12-26-22(30)17-9-8-16(23)11-18(17)24/h4-9,11,19H,2-3,10,12-13H2,1H3,(H,25,28)(H,26,30). The van der Waals surface area contributed by atoms with Crippen LogP contribution in [0.25, 0.3) is 0 Å². The molecule has 2 N–H and O–H groups in total. The van der Waals surface area contributed by atoms with E-state index in [-0.39, 0.29) is 35.6 Å². The molecule has 2 aromatic rings. The van der Waals surface area contributed by atoms with Crippen LogP contribution < -0.4 is 10.6 Å². The van der Waals surface area contributed by atoms with Gasteiger partial charge in [-0.05, 0) is 43.5 Å². The SMILES string of the molecule is Cc1ccc(C2CCCN2C(=O)CNC(=O)CNC(=O)c2ccc(Cl)cc2Cl)cc1. The molecule has 158 valence electrons. The first kappa shape index (κ1) is 22.1. The molecule has 1 aliphatic heterocycles. The highest BCUT2D eigenvalue weighted by Gasteiger charge is 2.29. The van der Waals surface area contributed by atoms with Crippen LogP contribution in [0.5, 0.6) is 0 Å². The van der Waals surface area contributed by atoms with Crippen LogP contribution in [0.4, 0.5) is 0 Å². The number of nitrogens with zero attached hydrogens (tertiary/aromatic N) is 1.